The molecule has 3 aromatic rings. The maximum absolute atomic E-state index is 12.5. The van der Waals surface area contributed by atoms with Gasteiger partial charge in [0.2, 0.25) is 11.0 Å². The average Bonchev–Trinajstić information content (AvgIpc) is 3.21. The third-order valence-corrected chi connectivity index (χ3v) is 7.00. The largest absolute Gasteiger partial charge is 0.363 e. The number of piperazine rings is 1. The lowest BCUT2D eigenvalue weighted by molar-refractivity contribution is -0.130. The highest BCUT2D eigenvalue weighted by Gasteiger charge is 2.22. The van der Waals surface area contributed by atoms with Gasteiger partial charge in [-0.25, -0.2) is 0 Å². The molecule has 1 N–H and O–H groups in total. The number of amides is 1. The van der Waals surface area contributed by atoms with Crippen LogP contribution in [0.15, 0.2) is 46.8 Å². The molecule has 1 fully saturated rings. The number of hydrogen-bond acceptors (Lipinski definition) is 7. The minimum Gasteiger partial charge on any atom is -0.363 e. The predicted octanol–water partition coefficient (Wildman–Crippen LogP) is 3.17. The van der Waals surface area contributed by atoms with Crippen molar-refractivity contribution in [3.8, 4) is 0 Å². The molecule has 8 heteroatoms. The van der Waals surface area contributed by atoms with Crippen LogP contribution < -0.4 is 5.32 Å². The quantitative estimate of drug-likeness (QED) is 0.627. The van der Waals surface area contributed by atoms with Crippen LogP contribution in [-0.2, 0) is 11.3 Å². The molecule has 0 aliphatic carbocycles. The number of thioether (sulfide) groups is 1. The van der Waals surface area contributed by atoms with Crippen molar-refractivity contribution in [2.45, 2.75) is 10.9 Å². The molecular formula is C20H23N5OS2. The van der Waals surface area contributed by atoms with Crippen molar-refractivity contribution in [1.82, 2.24) is 20.0 Å². The Kier molecular flexibility index (Phi) is 6.09. The van der Waals surface area contributed by atoms with Gasteiger partial charge >= 0.3 is 0 Å². The summed E-state index contributed by atoms with van der Waals surface area (Å²) in [5, 5.41) is 14.4. The van der Waals surface area contributed by atoms with Gasteiger partial charge in [-0.2, -0.15) is 0 Å². The number of benzene rings is 2. The standard InChI is InChI=1S/C20H23N5OS2/c1-21-19-22-23-20(28-19)27-14-18(26)25-11-9-24(10-12-25)13-16-7-4-6-15-5-2-3-8-17(15)16/h2-8H,9-14H2,1H3,(H,21,22). The summed E-state index contributed by atoms with van der Waals surface area (Å²) >= 11 is 2.94. The van der Waals surface area contributed by atoms with Crippen LogP contribution in [0, 0.1) is 0 Å². The summed E-state index contributed by atoms with van der Waals surface area (Å²) in [6.07, 6.45) is 0. The van der Waals surface area contributed by atoms with E-state index < -0.39 is 0 Å². The molecule has 1 aliphatic heterocycles. The maximum atomic E-state index is 12.5. The number of anilines is 1. The van der Waals surface area contributed by atoms with Gasteiger partial charge in [0.1, 0.15) is 0 Å². The molecule has 1 aliphatic rings. The van der Waals surface area contributed by atoms with Gasteiger partial charge in [-0.1, -0.05) is 65.6 Å². The number of carbonyl (C=O) groups is 1. The molecule has 1 amide bonds. The van der Waals surface area contributed by atoms with Crippen molar-refractivity contribution in [2.24, 2.45) is 0 Å². The highest BCUT2D eigenvalue weighted by molar-refractivity contribution is 8.01. The van der Waals surface area contributed by atoms with Crippen molar-refractivity contribution in [3.63, 3.8) is 0 Å². The fraction of sp³-hybridized carbons (Fsp3) is 0.350. The lowest BCUT2D eigenvalue weighted by atomic mass is 10.0. The number of fused-ring (bicyclic) bond motifs is 1. The highest BCUT2D eigenvalue weighted by atomic mass is 32.2. The molecule has 4 rings (SSSR count). The van der Waals surface area contributed by atoms with Crippen LogP contribution in [0.25, 0.3) is 10.8 Å². The monoisotopic (exact) mass is 413 g/mol. The van der Waals surface area contributed by atoms with E-state index in [0.29, 0.717) is 5.75 Å². The van der Waals surface area contributed by atoms with Gasteiger partial charge in [0.25, 0.3) is 0 Å². The molecule has 2 aromatic carbocycles. The zero-order chi connectivity index (χ0) is 19.3. The molecule has 0 bridgehead atoms. The fourth-order valence-corrected chi connectivity index (χ4v) is 5.02. The number of carbonyl (C=O) groups excluding carboxylic acids is 1. The summed E-state index contributed by atoms with van der Waals surface area (Å²) in [7, 11) is 1.82. The first-order valence-corrected chi connectivity index (χ1v) is 11.1. The summed E-state index contributed by atoms with van der Waals surface area (Å²) in [5.41, 5.74) is 1.35. The Morgan fingerprint density at radius 3 is 2.68 bits per heavy atom. The van der Waals surface area contributed by atoms with E-state index in [0.717, 1.165) is 42.2 Å². The Morgan fingerprint density at radius 1 is 1.11 bits per heavy atom. The van der Waals surface area contributed by atoms with E-state index in [1.165, 1.54) is 39.4 Å². The lowest BCUT2D eigenvalue weighted by Gasteiger charge is -2.34. The summed E-state index contributed by atoms with van der Waals surface area (Å²) in [4.78, 5) is 16.9. The Bertz CT molecular complexity index is 947. The van der Waals surface area contributed by atoms with Crippen molar-refractivity contribution in [3.05, 3.63) is 48.0 Å². The minimum atomic E-state index is 0.177. The number of aromatic nitrogens is 2. The highest BCUT2D eigenvalue weighted by Crippen LogP contribution is 2.25. The molecule has 2 heterocycles. The number of nitrogens with zero attached hydrogens (tertiary/aromatic N) is 4. The summed E-state index contributed by atoms with van der Waals surface area (Å²) in [6.45, 7) is 4.30. The van der Waals surface area contributed by atoms with Crippen LogP contribution in [0.4, 0.5) is 5.13 Å². The molecule has 0 radical (unpaired) electrons. The molecule has 0 atom stereocenters. The Hall–Kier alpha value is -2.16. The molecule has 0 spiro atoms. The summed E-state index contributed by atoms with van der Waals surface area (Å²) in [5.74, 6) is 0.595. The molecule has 1 saturated heterocycles. The molecule has 6 nitrogen and oxygen atoms in total. The third-order valence-electron chi connectivity index (χ3n) is 4.94. The van der Waals surface area contributed by atoms with Gasteiger partial charge in [0.15, 0.2) is 4.34 Å². The second kappa shape index (κ2) is 8.89. The number of nitrogens with one attached hydrogen (secondary N) is 1. The van der Waals surface area contributed by atoms with Crippen molar-refractivity contribution in [2.75, 3.05) is 44.3 Å². The van der Waals surface area contributed by atoms with Gasteiger partial charge in [-0.3, -0.25) is 9.69 Å². The van der Waals surface area contributed by atoms with E-state index in [1.807, 2.05) is 11.9 Å². The topological polar surface area (TPSA) is 61.4 Å². The summed E-state index contributed by atoms with van der Waals surface area (Å²) in [6, 6.07) is 15.0. The van der Waals surface area contributed by atoms with Crippen molar-refractivity contribution >= 4 is 44.9 Å². The zero-order valence-electron chi connectivity index (χ0n) is 15.8. The van der Waals surface area contributed by atoms with E-state index in [1.54, 1.807) is 0 Å². The first-order chi connectivity index (χ1) is 13.7. The van der Waals surface area contributed by atoms with Gasteiger partial charge in [-0.15, -0.1) is 10.2 Å². The minimum absolute atomic E-state index is 0.177. The van der Waals surface area contributed by atoms with Crippen LogP contribution in [0.1, 0.15) is 5.56 Å². The molecule has 1 aromatic heterocycles. The van der Waals surface area contributed by atoms with Gasteiger partial charge in [0.05, 0.1) is 5.75 Å². The normalized spacial score (nSPS) is 15.1. The molecule has 28 heavy (non-hydrogen) atoms. The predicted molar refractivity (Wildman–Crippen MR) is 116 cm³/mol. The van der Waals surface area contributed by atoms with Gasteiger partial charge < -0.3 is 10.2 Å². The Labute approximate surface area is 172 Å². The number of rotatable bonds is 6. The second-order valence-electron chi connectivity index (χ2n) is 6.71. The molecule has 0 unspecified atom stereocenters. The Morgan fingerprint density at radius 2 is 1.89 bits per heavy atom. The van der Waals surface area contributed by atoms with E-state index in [2.05, 4.69) is 62.9 Å². The lowest BCUT2D eigenvalue weighted by Crippen LogP contribution is -2.48. The van der Waals surface area contributed by atoms with Gasteiger partial charge in [-0.05, 0) is 16.3 Å². The fourth-order valence-electron chi connectivity index (χ4n) is 3.41. The average molecular weight is 414 g/mol. The van der Waals surface area contributed by atoms with E-state index in [9.17, 15) is 4.79 Å². The van der Waals surface area contributed by atoms with Crippen LogP contribution in [0.3, 0.4) is 0 Å². The molecule has 146 valence electrons. The molecule has 0 saturated carbocycles. The molecular weight excluding hydrogens is 390 g/mol. The zero-order valence-corrected chi connectivity index (χ0v) is 17.4. The second-order valence-corrected chi connectivity index (χ2v) is 8.91. The first-order valence-electron chi connectivity index (χ1n) is 9.34. The number of hydrogen-bond donors (Lipinski definition) is 1. The van der Waals surface area contributed by atoms with E-state index in [4.69, 9.17) is 0 Å². The van der Waals surface area contributed by atoms with Crippen LogP contribution >= 0.6 is 23.1 Å². The van der Waals surface area contributed by atoms with Gasteiger partial charge in [0, 0.05) is 39.8 Å². The summed E-state index contributed by atoms with van der Waals surface area (Å²) < 4.78 is 0.826. The first kappa shape index (κ1) is 19.2. The SMILES string of the molecule is CNc1nnc(SCC(=O)N2CCN(Cc3cccc4ccccc34)CC2)s1. The van der Waals surface area contributed by atoms with Crippen LogP contribution in [0.5, 0.6) is 0 Å². The van der Waals surface area contributed by atoms with Crippen molar-refractivity contribution < 1.29 is 4.79 Å². The van der Waals surface area contributed by atoms with Crippen LogP contribution in [-0.4, -0.2) is 64.9 Å². The maximum Gasteiger partial charge on any atom is 0.233 e. The van der Waals surface area contributed by atoms with Crippen LogP contribution in [0.2, 0.25) is 0 Å². The Balaban J connectivity index is 1.28. The third kappa shape index (κ3) is 4.45. The smallest absolute Gasteiger partial charge is 0.233 e. The van der Waals surface area contributed by atoms with Crippen molar-refractivity contribution in [1.29, 1.82) is 0 Å². The van der Waals surface area contributed by atoms with E-state index in [-0.39, 0.29) is 5.91 Å². The van der Waals surface area contributed by atoms with E-state index >= 15 is 0 Å².